The second kappa shape index (κ2) is 3.62. The van der Waals surface area contributed by atoms with Crippen molar-refractivity contribution in [2.45, 2.75) is 31.1 Å². The van der Waals surface area contributed by atoms with Crippen molar-refractivity contribution in [3.63, 3.8) is 0 Å². The molecule has 0 bridgehead atoms. The summed E-state index contributed by atoms with van der Waals surface area (Å²) in [6, 6.07) is 8.17. The van der Waals surface area contributed by atoms with E-state index in [0.717, 1.165) is 24.8 Å². The molecule has 0 saturated heterocycles. The van der Waals surface area contributed by atoms with Gasteiger partial charge in [-0.25, -0.2) is 0 Å². The molecule has 0 unspecified atom stereocenters. The van der Waals surface area contributed by atoms with Crippen LogP contribution in [0, 0.1) is 0 Å². The Labute approximate surface area is 99.5 Å². The smallest absolute Gasteiger partial charge is 0.304 e. The van der Waals surface area contributed by atoms with Crippen LogP contribution in [0.5, 0.6) is 0 Å². The van der Waals surface area contributed by atoms with E-state index in [1.54, 1.807) is 0 Å². The van der Waals surface area contributed by atoms with E-state index in [1.165, 1.54) is 10.9 Å². The highest BCUT2D eigenvalue weighted by atomic mass is 16.4. The topological polar surface area (TPSA) is 53.1 Å². The summed E-state index contributed by atoms with van der Waals surface area (Å²) in [5.41, 5.74) is 2.16. The number of hydrogen-bond acceptors (Lipinski definition) is 1. The van der Waals surface area contributed by atoms with Crippen molar-refractivity contribution in [3.05, 3.63) is 36.0 Å². The molecule has 0 radical (unpaired) electrons. The van der Waals surface area contributed by atoms with Crippen molar-refractivity contribution in [2.75, 3.05) is 0 Å². The average Bonchev–Trinajstić information content (AvgIpc) is 2.70. The minimum absolute atomic E-state index is 0.131. The highest BCUT2D eigenvalue weighted by Gasteiger charge is 2.41. The molecule has 1 aromatic heterocycles. The van der Waals surface area contributed by atoms with Gasteiger partial charge in [0.2, 0.25) is 0 Å². The van der Waals surface area contributed by atoms with Gasteiger partial charge < -0.3 is 10.1 Å². The molecule has 1 aliphatic rings. The van der Waals surface area contributed by atoms with Gasteiger partial charge in [-0.05, 0) is 30.5 Å². The molecule has 17 heavy (non-hydrogen) atoms. The van der Waals surface area contributed by atoms with Crippen LogP contribution < -0.4 is 0 Å². The summed E-state index contributed by atoms with van der Waals surface area (Å²) in [6.45, 7) is 0. The standard InChI is InChI=1S/C14H15NO2/c16-13(17)9-14(6-2-7-14)11-3-1-4-12-10(11)5-8-15-12/h1,3-5,8,15H,2,6-7,9H2,(H,16,17). The van der Waals surface area contributed by atoms with Crippen molar-refractivity contribution in [1.82, 2.24) is 4.98 Å². The summed E-state index contributed by atoms with van der Waals surface area (Å²) in [5, 5.41) is 10.3. The highest BCUT2D eigenvalue weighted by molar-refractivity contribution is 5.85. The molecular weight excluding hydrogens is 214 g/mol. The molecule has 0 aliphatic heterocycles. The molecule has 88 valence electrons. The van der Waals surface area contributed by atoms with Gasteiger partial charge in [0, 0.05) is 22.5 Å². The van der Waals surface area contributed by atoms with Gasteiger partial charge in [0.1, 0.15) is 0 Å². The minimum Gasteiger partial charge on any atom is -0.481 e. The van der Waals surface area contributed by atoms with Gasteiger partial charge in [-0.1, -0.05) is 18.6 Å². The second-order valence-electron chi connectivity index (χ2n) is 4.95. The number of carboxylic acids is 1. The quantitative estimate of drug-likeness (QED) is 0.849. The SMILES string of the molecule is O=C(O)CC1(c2cccc3[nH]ccc23)CCC1. The van der Waals surface area contributed by atoms with E-state index in [0.29, 0.717) is 0 Å². The van der Waals surface area contributed by atoms with Gasteiger partial charge in [-0.2, -0.15) is 0 Å². The van der Waals surface area contributed by atoms with Crippen molar-refractivity contribution >= 4 is 16.9 Å². The Kier molecular flexibility index (Phi) is 2.21. The number of aliphatic carboxylic acids is 1. The van der Waals surface area contributed by atoms with Gasteiger partial charge in [-0.15, -0.1) is 0 Å². The summed E-state index contributed by atoms with van der Waals surface area (Å²) in [5.74, 6) is -0.697. The zero-order valence-corrected chi connectivity index (χ0v) is 9.57. The summed E-state index contributed by atoms with van der Waals surface area (Å²) in [7, 11) is 0. The maximum atomic E-state index is 11.0. The number of H-pyrrole nitrogens is 1. The van der Waals surface area contributed by atoms with Crippen molar-refractivity contribution in [1.29, 1.82) is 0 Å². The fourth-order valence-corrected chi connectivity index (χ4v) is 2.98. The fourth-order valence-electron chi connectivity index (χ4n) is 2.98. The molecule has 3 rings (SSSR count). The van der Waals surface area contributed by atoms with E-state index in [2.05, 4.69) is 11.1 Å². The first-order valence-electron chi connectivity index (χ1n) is 6.00. The van der Waals surface area contributed by atoms with Crippen molar-refractivity contribution in [2.24, 2.45) is 0 Å². The first-order chi connectivity index (χ1) is 8.21. The van der Waals surface area contributed by atoms with Gasteiger partial charge in [0.15, 0.2) is 0 Å². The van der Waals surface area contributed by atoms with E-state index in [-0.39, 0.29) is 11.8 Å². The van der Waals surface area contributed by atoms with Gasteiger partial charge in [0.05, 0.1) is 6.42 Å². The first kappa shape index (κ1) is 10.4. The van der Waals surface area contributed by atoms with Crippen LogP contribution in [0.25, 0.3) is 10.9 Å². The van der Waals surface area contributed by atoms with Crippen LogP contribution in [0.4, 0.5) is 0 Å². The average molecular weight is 229 g/mol. The van der Waals surface area contributed by atoms with Gasteiger partial charge in [-0.3, -0.25) is 4.79 Å². The molecule has 0 spiro atoms. The molecule has 2 aromatic rings. The van der Waals surface area contributed by atoms with E-state index < -0.39 is 5.97 Å². The summed E-state index contributed by atoms with van der Waals surface area (Å²) in [6.07, 6.45) is 5.28. The lowest BCUT2D eigenvalue weighted by atomic mass is 9.62. The normalized spacial score (nSPS) is 17.9. The number of aromatic nitrogens is 1. The molecule has 2 N–H and O–H groups in total. The Hall–Kier alpha value is -1.77. The zero-order valence-electron chi connectivity index (χ0n) is 9.57. The number of carbonyl (C=O) groups is 1. The molecule has 3 heteroatoms. The third kappa shape index (κ3) is 1.54. The predicted octanol–water partition coefficient (Wildman–Crippen LogP) is 3.06. The number of nitrogens with one attached hydrogen (secondary N) is 1. The Balaban J connectivity index is 2.12. The number of aromatic amines is 1. The first-order valence-corrected chi connectivity index (χ1v) is 6.00. The molecular formula is C14H15NO2. The van der Waals surface area contributed by atoms with Crippen LogP contribution in [0.3, 0.4) is 0 Å². The summed E-state index contributed by atoms with van der Waals surface area (Å²) < 4.78 is 0. The Morgan fingerprint density at radius 1 is 1.35 bits per heavy atom. The molecule has 0 atom stereocenters. The lowest BCUT2D eigenvalue weighted by Crippen LogP contribution is -2.36. The van der Waals surface area contributed by atoms with Gasteiger partial charge >= 0.3 is 5.97 Å². The van der Waals surface area contributed by atoms with Crippen molar-refractivity contribution < 1.29 is 9.90 Å². The third-order valence-electron chi connectivity index (χ3n) is 3.97. The summed E-state index contributed by atoms with van der Waals surface area (Å²) >= 11 is 0. The molecule has 1 heterocycles. The van der Waals surface area contributed by atoms with E-state index in [9.17, 15) is 4.79 Å². The van der Waals surface area contributed by atoms with E-state index in [4.69, 9.17) is 5.11 Å². The molecule has 1 fully saturated rings. The fraction of sp³-hybridized carbons (Fsp3) is 0.357. The lowest BCUT2D eigenvalue weighted by Gasteiger charge is -2.41. The predicted molar refractivity (Wildman–Crippen MR) is 66.1 cm³/mol. The van der Waals surface area contributed by atoms with Crippen molar-refractivity contribution in [3.8, 4) is 0 Å². The molecule has 1 aliphatic carbocycles. The maximum Gasteiger partial charge on any atom is 0.304 e. The van der Waals surface area contributed by atoms with Crippen LogP contribution in [0.1, 0.15) is 31.2 Å². The minimum atomic E-state index is -0.697. The van der Waals surface area contributed by atoms with E-state index >= 15 is 0 Å². The second-order valence-corrected chi connectivity index (χ2v) is 4.95. The Bertz CT molecular complexity index is 566. The Morgan fingerprint density at radius 3 is 2.82 bits per heavy atom. The maximum absolute atomic E-state index is 11.0. The highest BCUT2D eigenvalue weighted by Crippen LogP contribution is 2.48. The van der Waals surface area contributed by atoms with Crippen LogP contribution in [-0.2, 0) is 10.2 Å². The number of rotatable bonds is 3. The monoisotopic (exact) mass is 229 g/mol. The van der Waals surface area contributed by atoms with Crippen LogP contribution in [-0.4, -0.2) is 16.1 Å². The molecule has 1 aromatic carbocycles. The lowest BCUT2D eigenvalue weighted by molar-refractivity contribution is -0.139. The number of fused-ring (bicyclic) bond motifs is 1. The third-order valence-corrected chi connectivity index (χ3v) is 3.97. The summed E-state index contributed by atoms with van der Waals surface area (Å²) in [4.78, 5) is 14.2. The molecule has 0 amide bonds. The van der Waals surface area contributed by atoms with Crippen LogP contribution in [0.2, 0.25) is 0 Å². The number of carboxylic acid groups (broad SMARTS) is 1. The molecule has 1 saturated carbocycles. The van der Waals surface area contributed by atoms with Gasteiger partial charge in [0.25, 0.3) is 0 Å². The van der Waals surface area contributed by atoms with Crippen LogP contribution >= 0.6 is 0 Å². The Morgan fingerprint density at radius 2 is 2.18 bits per heavy atom. The van der Waals surface area contributed by atoms with E-state index in [1.807, 2.05) is 24.4 Å². The van der Waals surface area contributed by atoms with Crippen LogP contribution in [0.15, 0.2) is 30.5 Å². The largest absolute Gasteiger partial charge is 0.481 e. The zero-order chi connectivity index (χ0) is 11.9. The number of hydrogen-bond donors (Lipinski definition) is 2. The molecule has 3 nitrogen and oxygen atoms in total. The number of benzene rings is 1.